The van der Waals surface area contributed by atoms with E-state index in [1.807, 2.05) is 56.3 Å². The molecular weight excluding hydrogens is 444 g/mol. The van der Waals surface area contributed by atoms with Crippen molar-refractivity contribution in [2.45, 2.75) is 45.2 Å². The van der Waals surface area contributed by atoms with Gasteiger partial charge in [0.2, 0.25) is 5.91 Å². The van der Waals surface area contributed by atoms with Gasteiger partial charge in [0.15, 0.2) is 0 Å². The van der Waals surface area contributed by atoms with Gasteiger partial charge >= 0.3 is 11.9 Å². The SMILES string of the molecule is Cc1ccc(C)c(NC(=O)C(NC2CCCc3ccccc32)c2ccccc2)c1.O=C(O)C(=O)O. The maximum atomic E-state index is 13.4. The Hall–Kier alpha value is -3.97. The van der Waals surface area contributed by atoms with Crippen LogP contribution in [0.4, 0.5) is 5.69 Å². The van der Waals surface area contributed by atoms with Crippen LogP contribution < -0.4 is 10.6 Å². The number of benzene rings is 3. The van der Waals surface area contributed by atoms with Crippen molar-refractivity contribution in [3.63, 3.8) is 0 Å². The molecule has 0 radical (unpaired) electrons. The molecule has 0 aliphatic heterocycles. The molecule has 1 amide bonds. The second-order valence-electron chi connectivity index (χ2n) is 8.57. The van der Waals surface area contributed by atoms with E-state index < -0.39 is 18.0 Å². The van der Waals surface area contributed by atoms with Gasteiger partial charge in [0.05, 0.1) is 0 Å². The largest absolute Gasteiger partial charge is 0.473 e. The maximum absolute atomic E-state index is 13.4. The van der Waals surface area contributed by atoms with Gasteiger partial charge in [-0.3, -0.25) is 10.1 Å². The maximum Gasteiger partial charge on any atom is 0.414 e. The minimum Gasteiger partial charge on any atom is -0.473 e. The molecule has 7 nitrogen and oxygen atoms in total. The molecule has 0 saturated heterocycles. The number of carbonyl (C=O) groups is 3. The third-order valence-electron chi connectivity index (χ3n) is 5.97. The van der Waals surface area contributed by atoms with Crippen molar-refractivity contribution in [1.29, 1.82) is 0 Å². The van der Waals surface area contributed by atoms with Crippen LogP contribution in [-0.2, 0) is 20.8 Å². The Morgan fingerprint density at radius 1 is 0.886 bits per heavy atom. The van der Waals surface area contributed by atoms with Crippen LogP contribution in [0.25, 0.3) is 0 Å². The van der Waals surface area contributed by atoms with E-state index in [1.54, 1.807) is 0 Å². The summed E-state index contributed by atoms with van der Waals surface area (Å²) in [5.41, 5.74) is 6.77. The van der Waals surface area contributed by atoms with E-state index in [0.29, 0.717) is 0 Å². The van der Waals surface area contributed by atoms with Crippen LogP contribution in [0.1, 0.15) is 52.7 Å². The Bertz CT molecular complexity index is 1180. The van der Waals surface area contributed by atoms with Gasteiger partial charge in [0.1, 0.15) is 6.04 Å². The van der Waals surface area contributed by atoms with E-state index in [4.69, 9.17) is 19.8 Å². The van der Waals surface area contributed by atoms with Gasteiger partial charge in [0, 0.05) is 11.7 Å². The molecule has 35 heavy (non-hydrogen) atoms. The fraction of sp³-hybridized carbons (Fsp3) is 0.250. The zero-order chi connectivity index (χ0) is 25.4. The first-order valence-corrected chi connectivity index (χ1v) is 11.5. The Kier molecular flexibility index (Phi) is 8.75. The Morgan fingerprint density at radius 2 is 1.54 bits per heavy atom. The first-order chi connectivity index (χ1) is 16.8. The zero-order valence-corrected chi connectivity index (χ0v) is 19.8. The molecule has 4 N–H and O–H groups in total. The standard InChI is InChI=1S/C26H28N2O.C2H2O4/c1-18-15-16-19(2)24(17-18)28-26(29)25(21-10-4-3-5-11-21)27-23-14-8-12-20-9-6-7-13-22(20)23;3-1(4)2(5)6/h3-7,9-11,13,15-17,23,25,27H,8,12,14H2,1-2H3,(H,28,29);(H,3,4)(H,5,6). The number of carbonyl (C=O) groups excluding carboxylic acids is 1. The topological polar surface area (TPSA) is 116 Å². The number of rotatable bonds is 5. The molecule has 182 valence electrons. The molecule has 3 aromatic rings. The van der Waals surface area contributed by atoms with Crippen molar-refractivity contribution in [2.24, 2.45) is 0 Å². The summed E-state index contributed by atoms with van der Waals surface area (Å²) in [5.74, 6) is -3.67. The van der Waals surface area contributed by atoms with E-state index in [1.165, 1.54) is 11.1 Å². The third-order valence-corrected chi connectivity index (χ3v) is 5.97. The summed E-state index contributed by atoms with van der Waals surface area (Å²) < 4.78 is 0. The number of nitrogens with one attached hydrogen (secondary N) is 2. The number of carboxylic acids is 2. The molecule has 1 aliphatic rings. The molecule has 1 aliphatic carbocycles. The lowest BCUT2D eigenvalue weighted by Gasteiger charge is -2.30. The first-order valence-electron chi connectivity index (χ1n) is 11.5. The number of aliphatic carboxylic acids is 2. The first kappa shape index (κ1) is 25.6. The summed E-state index contributed by atoms with van der Waals surface area (Å²) in [6.45, 7) is 4.07. The predicted octanol–water partition coefficient (Wildman–Crippen LogP) is 4.81. The van der Waals surface area contributed by atoms with Gasteiger partial charge in [-0.25, -0.2) is 9.59 Å². The smallest absolute Gasteiger partial charge is 0.414 e. The fourth-order valence-electron chi connectivity index (χ4n) is 4.17. The lowest BCUT2D eigenvalue weighted by Crippen LogP contribution is -2.37. The highest BCUT2D eigenvalue weighted by Crippen LogP contribution is 2.32. The molecule has 4 rings (SSSR count). The highest BCUT2D eigenvalue weighted by atomic mass is 16.4. The highest BCUT2D eigenvalue weighted by molar-refractivity contribution is 6.27. The second-order valence-corrected chi connectivity index (χ2v) is 8.57. The van der Waals surface area contributed by atoms with Crippen molar-refractivity contribution >= 4 is 23.5 Å². The van der Waals surface area contributed by atoms with Crippen molar-refractivity contribution in [3.8, 4) is 0 Å². The van der Waals surface area contributed by atoms with Crippen LogP contribution in [0.3, 0.4) is 0 Å². The minimum atomic E-state index is -1.82. The number of hydrogen-bond acceptors (Lipinski definition) is 4. The normalized spacial score (nSPS) is 15.1. The summed E-state index contributed by atoms with van der Waals surface area (Å²) in [4.78, 5) is 31.6. The summed E-state index contributed by atoms with van der Waals surface area (Å²) in [7, 11) is 0. The van der Waals surface area contributed by atoms with Crippen molar-refractivity contribution in [3.05, 3.63) is 101 Å². The van der Waals surface area contributed by atoms with Crippen LogP contribution >= 0.6 is 0 Å². The monoisotopic (exact) mass is 474 g/mol. The van der Waals surface area contributed by atoms with E-state index in [9.17, 15) is 4.79 Å². The zero-order valence-electron chi connectivity index (χ0n) is 19.8. The Morgan fingerprint density at radius 3 is 2.23 bits per heavy atom. The molecule has 0 aromatic heterocycles. The molecule has 0 bridgehead atoms. The van der Waals surface area contributed by atoms with Gasteiger partial charge < -0.3 is 15.5 Å². The average Bonchev–Trinajstić information content (AvgIpc) is 2.85. The molecular formula is C28H30N2O5. The number of anilines is 1. The van der Waals surface area contributed by atoms with E-state index in [-0.39, 0.29) is 11.9 Å². The molecule has 7 heteroatoms. The highest BCUT2D eigenvalue weighted by Gasteiger charge is 2.27. The molecule has 2 unspecified atom stereocenters. The van der Waals surface area contributed by atoms with Crippen LogP contribution in [0, 0.1) is 13.8 Å². The molecule has 3 aromatic carbocycles. The summed E-state index contributed by atoms with van der Waals surface area (Å²) in [6, 6.07) is 24.5. The molecule has 0 spiro atoms. The van der Waals surface area contributed by atoms with Crippen LogP contribution in [0.2, 0.25) is 0 Å². The van der Waals surface area contributed by atoms with Crippen LogP contribution in [0.5, 0.6) is 0 Å². The summed E-state index contributed by atoms with van der Waals surface area (Å²) in [6.07, 6.45) is 3.28. The quantitative estimate of drug-likeness (QED) is 0.395. The number of aryl methyl sites for hydroxylation is 3. The lowest BCUT2D eigenvalue weighted by molar-refractivity contribution is -0.159. The van der Waals surface area contributed by atoms with E-state index in [0.717, 1.165) is 41.6 Å². The predicted molar refractivity (Wildman–Crippen MR) is 134 cm³/mol. The van der Waals surface area contributed by atoms with E-state index in [2.05, 4.69) is 41.0 Å². The summed E-state index contributed by atoms with van der Waals surface area (Å²) in [5, 5.41) is 21.6. The minimum absolute atomic E-state index is 0.0204. The van der Waals surface area contributed by atoms with Gasteiger partial charge in [0.25, 0.3) is 0 Å². The second kappa shape index (κ2) is 11.9. The number of carboxylic acid groups (broad SMARTS) is 2. The fourth-order valence-corrected chi connectivity index (χ4v) is 4.17. The third kappa shape index (κ3) is 7.01. The van der Waals surface area contributed by atoms with Crippen LogP contribution in [0.15, 0.2) is 72.8 Å². The van der Waals surface area contributed by atoms with E-state index >= 15 is 0 Å². The van der Waals surface area contributed by atoms with Crippen LogP contribution in [-0.4, -0.2) is 28.1 Å². The Balaban J connectivity index is 0.000000509. The molecule has 0 saturated carbocycles. The average molecular weight is 475 g/mol. The number of amides is 1. The summed E-state index contributed by atoms with van der Waals surface area (Å²) >= 11 is 0. The number of hydrogen-bond donors (Lipinski definition) is 4. The van der Waals surface area contributed by atoms with Gasteiger partial charge in [-0.1, -0.05) is 66.7 Å². The lowest BCUT2D eigenvalue weighted by atomic mass is 9.87. The Labute approximate surface area is 204 Å². The van der Waals surface area contributed by atoms with Gasteiger partial charge in [-0.15, -0.1) is 0 Å². The molecule has 0 fully saturated rings. The van der Waals surface area contributed by atoms with Crippen molar-refractivity contribution < 1.29 is 24.6 Å². The van der Waals surface area contributed by atoms with Crippen molar-refractivity contribution in [2.75, 3.05) is 5.32 Å². The van der Waals surface area contributed by atoms with Gasteiger partial charge in [-0.05, 0) is 67.0 Å². The number of fused-ring (bicyclic) bond motifs is 1. The molecule has 2 atom stereocenters. The van der Waals surface area contributed by atoms with Gasteiger partial charge in [-0.2, -0.15) is 0 Å². The molecule has 0 heterocycles. The van der Waals surface area contributed by atoms with Crippen molar-refractivity contribution in [1.82, 2.24) is 5.32 Å².